The fraction of sp³-hybridized carbons (Fsp3) is 0.455. The van der Waals surface area contributed by atoms with Crippen LogP contribution in [0, 0.1) is 5.82 Å². The third-order valence-corrected chi connectivity index (χ3v) is 1.84. The van der Waals surface area contributed by atoms with Crippen molar-refractivity contribution < 1.29 is 14.2 Å². The predicted molar refractivity (Wildman–Crippen MR) is 52.4 cm³/mol. The largest absolute Gasteiger partial charge is 0.386 e. The minimum atomic E-state index is -0.682. The molecule has 0 saturated heterocycles. The van der Waals surface area contributed by atoms with Gasteiger partial charge < -0.3 is 9.84 Å². The Kier molecular flexibility index (Phi) is 4.04. The van der Waals surface area contributed by atoms with Crippen LogP contribution in [0.4, 0.5) is 4.39 Å². The van der Waals surface area contributed by atoms with E-state index >= 15 is 0 Å². The molecule has 0 bridgehead atoms. The fourth-order valence-electron chi connectivity index (χ4n) is 1.06. The lowest BCUT2D eigenvalue weighted by molar-refractivity contribution is 0.00491. The van der Waals surface area contributed by atoms with Gasteiger partial charge in [0.1, 0.15) is 11.9 Å². The first-order valence-electron chi connectivity index (χ1n) is 4.64. The molecule has 78 valence electrons. The first-order chi connectivity index (χ1) is 6.59. The molecule has 1 N–H and O–H groups in total. The number of aliphatic hydroxyl groups is 1. The van der Waals surface area contributed by atoms with E-state index in [2.05, 4.69) is 0 Å². The molecule has 0 fully saturated rings. The molecule has 0 aliphatic carbocycles. The van der Waals surface area contributed by atoms with E-state index in [9.17, 15) is 9.50 Å². The summed E-state index contributed by atoms with van der Waals surface area (Å²) in [5.74, 6) is -0.300. The average molecular weight is 198 g/mol. The first kappa shape index (κ1) is 11.1. The molecule has 0 amide bonds. The molecule has 1 atom stereocenters. The maximum absolute atomic E-state index is 12.6. The zero-order valence-electron chi connectivity index (χ0n) is 8.40. The van der Waals surface area contributed by atoms with Gasteiger partial charge in [-0.3, -0.25) is 0 Å². The van der Waals surface area contributed by atoms with Gasteiger partial charge in [0.05, 0.1) is 12.7 Å². The van der Waals surface area contributed by atoms with Gasteiger partial charge >= 0.3 is 0 Å². The van der Waals surface area contributed by atoms with Crippen LogP contribution in [0.5, 0.6) is 0 Å². The number of rotatable bonds is 4. The minimum Gasteiger partial charge on any atom is -0.386 e. The van der Waals surface area contributed by atoms with Crippen molar-refractivity contribution in [1.29, 1.82) is 0 Å². The molecule has 0 heterocycles. The Morgan fingerprint density at radius 1 is 1.29 bits per heavy atom. The van der Waals surface area contributed by atoms with E-state index < -0.39 is 6.10 Å². The van der Waals surface area contributed by atoms with Crippen LogP contribution in [0.2, 0.25) is 0 Å². The van der Waals surface area contributed by atoms with Crippen LogP contribution >= 0.6 is 0 Å². The summed E-state index contributed by atoms with van der Waals surface area (Å²) in [6, 6.07) is 5.77. The van der Waals surface area contributed by atoms with Crippen LogP contribution in [0.1, 0.15) is 25.5 Å². The van der Waals surface area contributed by atoms with Gasteiger partial charge in [0, 0.05) is 0 Å². The van der Waals surface area contributed by atoms with E-state index in [0.717, 1.165) is 0 Å². The monoisotopic (exact) mass is 198 g/mol. The second-order valence-corrected chi connectivity index (χ2v) is 3.45. The van der Waals surface area contributed by atoms with Gasteiger partial charge in [-0.1, -0.05) is 12.1 Å². The first-order valence-corrected chi connectivity index (χ1v) is 4.64. The lowest BCUT2D eigenvalue weighted by Gasteiger charge is -2.13. The Morgan fingerprint density at radius 3 is 2.36 bits per heavy atom. The Morgan fingerprint density at radius 2 is 1.86 bits per heavy atom. The van der Waals surface area contributed by atoms with Gasteiger partial charge in [-0.2, -0.15) is 0 Å². The highest BCUT2D eigenvalue weighted by Gasteiger charge is 2.08. The molecule has 0 aromatic heterocycles. The van der Waals surface area contributed by atoms with Crippen molar-refractivity contribution in [3.8, 4) is 0 Å². The van der Waals surface area contributed by atoms with Gasteiger partial charge in [0.15, 0.2) is 0 Å². The zero-order valence-corrected chi connectivity index (χ0v) is 8.40. The third kappa shape index (κ3) is 3.44. The van der Waals surface area contributed by atoms with Crippen LogP contribution in [-0.2, 0) is 4.74 Å². The molecule has 1 aromatic carbocycles. The number of aliphatic hydroxyl groups excluding tert-OH is 1. The standard InChI is InChI=1S/C11H15FO2/c1-8(2)14-7-11(13)9-3-5-10(12)6-4-9/h3-6,8,11,13H,7H2,1-2H3. The van der Waals surface area contributed by atoms with Gasteiger partial charge in [-0.15, -0.1) is 0 Å². The topological polar surface area (TPSA) is 29.5 Å². The van der Waals surface area contributed by atoms with E-state index in [1.165, 1.54) is 12.1 Å². The molecule has 1 aromatic rings. The van der Waals surface area contributed by atoms with E-state index in [1.54, 1.807) is 12.1 Å². The van der Waals surface area contributed by atoms with E-state index in [1.807, 2.05) is 13.8 Å². The Labute approximate surface area is 83.3 Å². The van der Waals surface area contributed by atoms with Gasteiger partial charge in [-0.05, 0) is 31.5 Å². The van der Waals surface area contributed by atoms with E-state index in [-0.39, 0.29) is 18.5 Å². The summed E-state index contributed by atoms with van der Waals surface area (Å²) in [6.07, 6.45) is -0.594. The van der Waals surface area contributed by atoms with Crippen LogP contribution < -0.4 is 0 Å². The Balaban J connectivity index is 2.52. The molecular weight excluding hydrogens is 183 g/mol. The SMILES string of the molecule is CC(C)OCC(O)c1ccc(F)cc1. The number of hydrogen-bond acceptors (Lipinski definition) is 2. The second-order valence-electron chi connectivity index (χ2n) is 3.45. The summed E-state index contributed by atoms with van der Waals surface area (Å²) in [5.41, 5.74) is 0.673. The number of ether oxygens (including phenoxy) is 1. The molecule has 0 aliphatic heterocycles. The predicted octanol–water partition coefficient (Wildman–Crippen LogP) is 2.28. The van der Waals surface area contributed by atoms with Gasteiger partial charge in [-0.25, -0.2) is 4.39 Å². The van der Waals surface area contributed by atoms with Crippen LogP contribution in [0.25, 0.3) is 0 Å². The molecule has 0 radical (unpaired) electrons. The molecule has 14 heavy (non-hydrogen) atoms. The summed E-state index contributed by atoms with van der Waals surface area (Å²) >= 11 is 0. The van der Waals surface area contributed by atoms with Crippen molar-refractivity contribution in [1.82, 2.24) is 0 Å². The summed E-state index contributed by atoms with van der Waals surface area (Å²) < 4.78 is 17.8. The maximum Gasteiger partial charge on any atom is 0.123 e. The Hall–Kier alpha value is -0.930. The van der Waals surface area contributed by atoms with Crippen molar-refractivity contribution in [2.24, 2.45) is 0 Å². The third-order valence-electron chi connectivity index (χ3n) is 1.84. The zero-order chi connectivity index (χ0) is 10.6. The summed E-state index contributed by atoms with van der Waals surface area (Å²) in [7, 11) is 0. The number of benzene rings is 1. The van der Waals surface area contributed by atoms with Crippen molar-refractivity contribution >= 4 is 0 Å². The van der Waals surface area contributed by atoms with Crippen molar-refractivity contribution in [3.05, 3.63) is 35.6 Å². The normalized spacial score (nSPS) is 13.2. The maximum atomic E-state index is 12.6. The smallest absolute Gasteiger partial charge is 0.123 e. The van der Waals surface area contributed by atoms with Crippen LogP contribution in [0.15, 0.2) is 24.3 Å². The van der Waals surface area contributed by atoms with Crippen LogP contribution in [0.3, 0.4) is 0 Å². The summed E-state index contributed by atoms with van der Waals surface area (Å²) in [4.78, 5) is 0. The molecule has 1 unspecified atom stereocenters. The minimum absolute atomic E-state index is 0.0881. The molecule has 0 aliphatic rings. The highest BCUT2D eigenvalue weighted by atomic mass is 19.1. The lowest BCUT2D eigenvalue weighted by Crippen LogP contribution is -2.11. The fourth-order valence-corrected chi connectivity index (χ4v) is 1.06. The average Bonchev–Trinajstić information content (AvgIpc) is 2.15. The molecule has 3 heteroatoms. The summed E-state index contributed by atoms with van der Waals surface area (Å²) in [6.45, 7) is 4.04. The van der Waals surface area contributed by atoms with Crippen molar-refractivity contribution in [2.45, 2.75) is 26.1 Å². The van der Waals surface area contributed by atoms with E-state index in [0.29, 0.717) is 5.56 Å². The Bertz CT molecular complexity index is 269. The number of halogens is 1. The molecule has 1 rings (SSSR count). The van der Waals surface area contributed by atoms with Gasteiger partial charge in [0.25, 0.3) is 0 Å². The summed E-state index contributed by atoms with van der Waals surface area (Å²) in [5, 5.41) is 9.61. The van der Waals surface area contributed by atoms with Crippen molar-refractivity contribution in [2.75, 3.05) is 6.61 Å². The highest BCUT2D eigenvalue weighted by Crippen LogP contribution is 2.14. The van der Waals surface area contributed by atoms with Crippen molar-refractivity contribution in [3.63, 3.8) is 0 Å². The van der Waals surface area contributed by atoms with E-state index in [4.69, 9.17) is 4.74 Å². The molecule has 0 spiro atoms. The number of hydrogen-bond donors (Lipinski definition) is 1. The van der Waals surface area contributed by atoms with Crippen LogP contribution in [-0.4, -0.2) is 17.8 Å². The molecular formula is C11H15FO2. The lowest BCUT2D eigenvalue weighted by atomic mass is 10.1. The second kappa shape index (κ2) is 5.08. The highest BCUT2D eigenvalue weighted by molar-refractivity contribution is 5.18. The molecule has 0 saturated carbocycles. The molecule has 2 nitrogen and oxygen atoms in total. The van der Waals surface area contributed by atoms with Gasteiger partial charge in [0.2, 0.25) is 0 Å². The quantitative estimate of drug-likeness (QED) is 0.804.